The number of nitrogens with one attached hydrogen (secondary N) is 1. The molecule has 9 nitrogen and oxygen atoms in total. The van der Waals surface area contributed by atoms with Gasteiger partial charge in [0.25, 0.3) is 5.91 Å². The smallest absolute Gasteiger partial charge is 0.284 e. The van der Waals surface area contributed by atoms with E-state index in [9.17, 15) is 9.59 Å². The molecule has 0 spiro atoms. The summed E-state index contributed by atoms with van der Waals surface area (Å²) >= 11 is 14.3. The first kappa shape index (κ1) is 34.0. The molecule has 0 bridgehead atoms. The standard InChI is InChI=1S/C37H42Cl2N6O3/c1-19(2)32(35(40)46)42-18-20-16-28(38)27(17-30(20)48-5)24-13-12-23-21(24)8-6-9-22(23)25-10-7-11-26(31(25)39)34-33-29(14-15-44(34)3)45(4)37(43-33)36(41)47/h6-11,16-17,19,24,32,34,42H,12-15,18H2,1-5H3,(H2,40,46)(H2,41,47). The summed E-state index contributed by atoms with van der Waals surface area (Å²) in [5.74, 6) is 0.151. The minimum absolute atomic E-state index is 0.0485. The van der Waals surface area contributed by atoms with Crippen LogP contribution in [0.15, 0.2) is 48.5 Å². The second-order valence-corrected chi connectivity index (χ2v) is 14.0. The summed E-state index contributed by atoms with van der Waals surface area (Å²) < 4.78 is 7.62. The number of ether oxygens (including phenoxy) is 1. The molecule has 5 N–H and O–H groups in total. The van der Waals surface area contributed by atoms with Gasteiger partial charge >= 0.3 is 0 Å². The van der Waals surface area contributed by atoms with Gasteiger partial charge in [-0.2, -0.15) is 0 Å². The van der Waals surface area contributed by atoms with Crippen LogP contribution in [0.5, 0.6) is 5.75 Å². The summed E-state index contributed by atoms with van der Waals surface area (Å²) in [6.07, 6.45) is 2.52. The highest BCUT2D eigenvalue weighted by atomic mass is 35.5. The van der Waals surface area contributed by atoms with Crippen molar-refractivity contribution < 1.29 is 14.3 Å². The van der Waals surface area contributed by atoms with Gasteiger partial charge in [-0.15, -0.1) is 0 Å². The number of fused-ring (bicyclic) bond motifs is 2. The van der Waals surface area contributed by atoms with Crippen LogP contribution in [0, 0.1) is 5.92 Å². The van der Waals surface area contributed by atoms with Crippen molar-refractivity contribution in [1.82, 2.24) is 19.8 Å². The van der Waals surface area contributed by atoms with Crippen LogP contribution in [0.2, 0.25) is 10.0 Å². The number of halogens is 2. The quantitative estimate of drug-likeness (QED) is 0.195. The highest BCUT2D eigenvalue weighted by Crippen LogP contribution is 2.48. The predicted octanol–water partition coefficient (Wildman–Crippen LogP) is 5.76. The van der Waals surface area contributed by atoms with Gasteiger partial charge in [0.1, 0.15) is 5.75 Å². The fourth-order valence-electron chi connectivity index (χ4n) is 7.58. The second-order valence-electron chi connectivity index (χ2n) is 13.2. The molecule has 48 heavy (non-hydrogen) atoms. The summed E-state index contributed by atoms with van der Waals surface area (Å²) in [6.45, 7) is 5.10. The Kier molecular flexibility index (Phi) is 9.60. The fraction of sp³-hybridized carbons (Fsp3) is 0.378. The van der Waals surface area contributed by atoms with Gasteiger partial charge in [0.05, 0.1) is 29.9 Å². The van der Waals surface area contributed by atoms with E-state index >= 15 is 0 Å². The van der Waals surface area contributed by atoms with Crippen molar-refractivity contribution in [3.63, 3.8) is 0 Å². The van der Waals surface area contributed by atoms with E-state index in [4.69, 9.17) is 44.4 Å². The molecule has 2 amide bonds. The van der Waals surface area contributed by atoms with E-state index in [1.807, 2.05) is 49.7 Å². The van der Waals surface area contributed by atoms with Crippen LogP contribution >= 0.6 is 23.2 Å². The van der Waals surface area contributed by atoms with Crippen molar-refractivity contribution in [1.29, 1.82) is 0 Å². The van der Waals surface area contributed by atoms with E-state index in [1.165, 1.54) is 11.1 Å². The molecule has 0 saturated heterocycles. The van der Waals surface area contributed by atoms with Crippen LogP contribution in [0.4, 0.5) is 0 Å². The zero-order valence-electron chi connectivity index (χ0n) is 27.9. The Hall–Kier alpha value is -3.89. The number of amides is 2. The molecule has 0 fully saturated rings. The summed E-state index contributed by atoms with van der Waals surface area (Å²) in [7, 11) is 5.54. The zero-order chi connectivity index (χ0) is 34.4. The Balaban J connectivity index is 1.35. The maximum Gasteiger partial charge on any atom is 0.284 e. The number of carbonyl (C=O) groups excluding carboxylic acids is 2. The van der Waals surface area contributed by atoms with Crippen LogP contribution in [0.3, 0.4) is 0 Å². The third-order valence-electron chi connectivity index (χ3n) is 10.0. The number of nitrogens with zero attached hydrogens (tertiary/aromatic N) is 3. The fourth-order valence-corrected chi connectivity index (χ4v) is 8.23. The largest absolute Gasteiger partial charge is 0.496 e. The van der Waals surface area contributed by atoms with Crippen molar-refractivity contribution >= 4 is 35.0 Å². The van der Waals surface area contributed by atoms with Crippen LogP contribution in [0.1, 0.15) is 82.1 Å². The summed E-state index contributed by atoms with van der Waals surface area (Å²) in [6, 6.07) is 15.8. The SMILES string of the molecule is COc1cc(C2CCc3c(-c4cccc(C5c6nc(C(N)=O)n(C)c6CCN5C)c4Cl)cccc32)c(Cl)cc1CNC(C(N)=O)C(C)C. The van der Waals surface area contributed by atoms with Crippen LogP contribution in [-0.2, 0) is 31.2 Å². The Morgan fingerprint density at radius 1 is 1.02 bits per heavy atom. The number of carbonyl (C=O) groups is 2. The van der Waals surface area contributed by atoms with E-state index in [0.717, 1.165) is 65.0 Å². The van der Waals surface area contributed by atoms with E-state index in [0.29, 0.717) is 22.3 Å². The Morgan fingerprint density at radius 3 is 2.40 bits per heavy atom. The number of rotatable bonds is 10. The molecule has 3 aromatic carbocycles. The molecule has 3 atom stereocenters. The molecule has 6 rings (SSSR count). The molecule has 2 aliphatic rings. The predicted molar refractivity (Wildman–Crippen MR) is 190 cm³/mol. The highest BCUT2D eigenvalue weighted by molar-refractivity contribution is 6.34. The maximum atomic E-state index is 12.1. The van der Waals surface area contributed by atoms with E-state index in [-0.39, 0.29) is 29.6 Å². The lowest BCUT2D eigenvalue weighted by molar-refractivity contribution is -0.121. The first-order chi connectivity index (χ1) is 22.9. The molecule has 0 radical (unpaired) electrons. The van der Waals surface area contributed by atoms with Crippen molar-refractivity contribution in [3.8, 4) is 16.9 Å². The van der Waals surface area contributed by atoms with Crippen LogP contribution in [0.25, 0.3) is 11.1 Å². The monoisotopic (exact) mass is 688 g/mol. The lowest BCUT2D eigenvalue weighted by Gasteiger charge is -2.33. The zero-order valence-corrected chi connectivity index (χ0v) is 29.5. The average Bonchev–Trinajstić information content (AvgIpc) is 3.62. The molecule has 2 heterocycles. The van der Waals surface area contributed by atoms with Gasteiger partial charge in [-0.05, 0) is 65.8 Å². The average molecular weight is 690 g/mol. The number of likely N-dealkylation sites (N-methyl/N-ethyl adjacent to an activating group) is 1. The molecule has 252 valence electrons. The number of imidazole rings is 1. The minimum atomic E-state index is -0.547. The summed E-state index contributed by atoms with van der Waals surface area (Å²) in [5.41, 5.74) is 20.4. The molecule has 1 aliphatic heterocycles. The molecule has 0 saturated carbocycles. The number of aromatic nitrogens is 2. The van der Waals surface area contributed by atoms with Gasteiger partial charge in [-0.1, -0.05) is 73.4 Å². The summed E-state index contributed by atoms with van der Waals surface area (Å²) in [5, 5.41) is 4.58. The first-order valence-electron chi connectivity index (χ1n) is 16.3. The van der Waals surface area contributed by atoms with E-state index in [1.54, 1.807) is 7.11 Å². The Morgan fingerprint density at radius 2 is 1.73 bits per heavy atom. The Bertz CT molecular complexity index is 1900. The van der Waals surface area contributed by atoms with Gasteiger partial charge in [0, 0.05) is 54.3 Å². The molecule has 3 unspecified atom stereocenters. The van der Waals surface area contributed by atoms with Gasteiger partial charge in [0.15, 0.2) is 5.82 Å². The molecule has 4 aromatic rings. The van der Waals surface area contributed by atoms with Crippen LogP contribution in [-0.4, -0.2) is 53.0 Å². The number of benzene rings is 3. The van der Waals surface area contributed by atoms with Gasteiger partial charge in [-0.3, -0.25) is 14.5 Å². The highest BCUT2D eigenvalue weighted by Gasteiger charge is 2.35. The molecule has 1 aliphatic carbocycles. The number of hydrogen-bond donors (Lipinski definition) is 3. The van der Waals surface area contributed by atoms with Crippen molar-refractivity contribution in [2.45, 2.75) is 57.7 Å². The number of primary amides is 2. The Labute approximate surface area is 291 Å². The topological polar surface area (TPSA) is 128 Å². The van der Waals surface area contributed by atoms with Crippen LogP contribution < -0.4 is 21.5 Å². The van der Waals surface area contributed by atoms with Gasteiger partial charge < -0.3 is 26.1 Å². The molecule has 11 heteroatoms. The van der Waals surface area contributed by atoms with E-state index < -0.39 is 11.9 Å². The van der Waals surface area contributed by atoms with E-state index in [2.05, 4.69) is 41.5 Å². The third kappa shape index (κ3) is 5.98. The minimum Gasteiger partial charge on any atom is -0.496 e. The third-order valence-corrected chi connectivity index (χ3v) is 10.8. The second kappa shape index (κ2) is 13.6. The number of hydrogen-bond acceptors (Lipinski definition) is 6. The van der Waals surface area contributed by atoms with Crippen molar-refractivity contribution in [2.24, 2.45) is 24.4 Å². The molecular weight excluding hydrogens is 647 g/mol. The normalized spacial score (nSPS) is 18.1. The first-order valence-corrected chi connectivity index (χ1v) is 17.0. The van der Waals surface area contributed by atoms with Crippen molar-refractivity contribution in [3.05, 3.63) is 104 Å². The van der Waals surface area contributed by atoms with Gasteiger partial charge in [0.2, 0.25) is 5.91 Å². The van der Waals surface area contributed by atoms with Crippen molar-refractivity contribution in [2.75, 3.05) is 20.7 Å². The lowest BCUT2D eigenvalue weighted by atomic mass is 9.88. The molecular formula is C37H42Cl2N6O3. The number of nitrogens with two attached hydrogens (primary N) is 2. The molecule has 1 aromatic heterocycles. The number of methoxy groups -OCH3 is 1. The van der Waals surface area contributed by atoms with Gasteiger partial charge in [-0.25, -0.2) is 4.98 Å². The summed E-state index contributed by atoms with van der Waals surface area (Å²) in [4.78, 5) is 31.0. The maximum absolute atomic E-state index is 12.1. The lowest BCUT2D eigenvalue weighted by Crippen LogP contribution is -2.44.